The van der Waals surface area contributed by atoms with Crippen molar-refractivity contribution in [2.75, 3.05) is 11.9 Å². The molecule has 0 fully saturated rings. The molecule has 0 heterocycles. The van der Waals surface area contributed by atoms with Crippen LogP contribution in [0.25, 0.3) is 0 Å². The molecule has 0 unspecified atom stereocenters. The number of benzene rings is 1. The lowest BCUT2D eigenvalue weighted by Gasteiger charge is -2.09. The molecule has 0 saturated carbocycles. The van der Waals surface area contributed by atoms with Crippen LogP contribution in [0.1, 0.15) is 12.5 Å². The summed E-state index contributed by atoms with van der Waals surface area (Å²) in [5, 5.41) is 0.370. The molecule has 2 nitrogen and oxygen atoms in total. The fourth-order valence-electron chi connectivity index (χ4n) is 1.26. The molecule has 0 bridgehead atoms. The first-order valence-corrected chi connectivity index (χ1v) is 6.26. The van der Waals surface area contributed by atoms with Crippen molar-refractivity contribution in [3.63, 3.8) is 0 Å². The van der Waals surface area contributed by atoms with E-state index in [1.807, 2.05) is 25.1 Å². The van der Waals surface area contributed by atoms with E-state index in [1.165, 1.54) is 0 Å². The molecule has 0 spiro atoms. The summed E-state index contributed by atoms with van der Waals surface area (Å²) in [5.74, 6) is 0.902. The van der Waals surface area contributed by atoms with Crippen LogP contribution in [0, 0.1) is 0 Å². The van der Waals surface area contributed by atoms with Gasteiger partial charge in [0, 0.05) is 16.9 Å². The number of thiol groups is 1. The molecule has 0 atom stereocenters. The van der Waals surface area contributed by atoms with Crippen LogP contribution < -0.4 is 4.74 Å². The van der Waals surface area contributed by atoms with Gasteiger partial charge in [-0.05, 0) is 25.1 Å². The summed E-state index contributed by atoms with van der Waals surface area (Å²) >= 11 is 7.39. The first-order valence-electron chi connectivity index (χ1n) is 4.69. The van der Waals surface area contributed by atoms with Gasteiger partial charge in [-0.2, -0.15) is 0 Å². The average molecular weight is 289 g/mol. The molecule has 1 rings (SSSR count). The molecule has 0 aliphatic rings. The molecule has 4 heteroatoms. The van der Waals surface area contributed by atoms with E-state index >= 15 is 0 Å². The van der Waals surface area contributed by atoms with Crippen molar-refractivity contribution in [3.05, 3.63) is 23.8 Å². The predicted octanol–water partition coefficient (Wildman–Crippen LogP) is 2.88. The molecule has 0 aliphatic carbocycles. The van der Waals surface area contributed by atoms with E-state index < -0.39 is 0 Å². The van der Waals surface area contributed by atoms with Gasteiger partial charge in [-0.15, -0.1) is 12.6 Å². The zero-order valence-electron chi connectivity index (χ0n) is 8.50. The molecule has 0 aromatic heterocycles. The fraction of sp³-hybridized carbons (Fsp3) is 0.364. The van der Waals surface area contributed by atoms with E-state index in [4.69, 9.17) is 4.74 Å². The van der Waals surface area contributed by atoms with E-state index in [9.17, 15) is 4.79 Å². The van der Waals surface area contributed by atoms with Gasteiger partial charge in [0.15, 0.2) is 0 Å². The maximum absolute atomic E-state index is 11.3. The Balaban J connectivity index is 2.91. The predicted molar refractivity (Wildman–Crippen MR) is 67.4 cm³/mol. The van der Waals surface area contributed by atoms with Crippen LogP contribution in [0.2, 0.25) is 0 Å². The van der Waals surface area contributed by atoms with Gasteiger partial charge in [-0.3, -0.25) is 4.79 Å². The van der Waals surface area contributed by atoms with Crippen LogP contribution >= 0.6 is 28.6 Å². The van der Waals surface area contributed by atoms with Gasteiger partial charge in [0.25, 0.3) is 0 Å². The summed E-state index contributed by atoms with van der Waals surface area (Å²) in [4.78, 5) is 12.2. The van der Waals surface area contributed by atoms with Crippen LogP contribution in [0.4, 0.5) is 0 Å². The van der Waals surface area contributed by atoms with Crippen molar-refractivity contribution in [2.45, 2.75) is 18.2 Å². The maximum Gasteiger partial charge on any atom is 0.147 e. The van der Waals surface area contributed by atoms with Gasteiger partial charge in [0.05, 0.1) is 11.9 Å². The smallest absolute Gasteiger partial charge is 0.147 e. The highest BCUT2D eigenvalue weighted by Gasteiger charge is 2.08. The topological polar surface area (TPSA) is 26.3 Å². The highest BCUT2D eigenvalue weighted by Crippen LogP contribution is 2.23. The second-order valence-corrected chi connectivity index (χ2v) is 4.15. The average Bonchev–Trinajstić information content (AvgIpc) is 2.22. The van der Waals surface area contributed by atoms with Crippen molar-refractivity contribution >= 4 is 34.3 Å². The van der Waals surface area contributed by atoms with Crippen molar-refractivity contribution in [1.29, 1.82) is 0 Å². The summed E-state index contributed by atoms with van der Waals surface area (Å²) in [6.07, 6.45) is 0.384. The Labute approximate surface area is 104 Å². The molecule has 1 aromatic rings. The molecule has 0 N–H and O–H groups in total. The van der Waals surface area contributed by atoms with Crippen LogP contribution in [0.15, 0.2) is 23.1 Å². The standard InChI is InChI=1S/C11H13BrO2S/c1-2-14-11-4-3-10(15)6-8(11)5-9(13)7-12/h3-4,6,15H,2,5,7H2,1H3. The third-order valence-corrected chi connectivity index (χ3v) is 2.78. The Bertz CT molecular complexity index is 352. The minimum atomic E-state index is 0.134. The lowest BCUT2D eigenvalue weighted by molar-refractivity contribution is -0.115. The number of carbonyl (C=O) groups excluding carboxylic acids is 1. The van der Waals surface area contributed by atoms with Crippen LogP contribution in [0.5, 0.6) is 5.75 Å². The van der Waals surface area contributed by atoms with Crippen molar-refractivity contribution in [3.8, 4) is 5.75 Å². The summed E-state index contributed by atoms with van der Waals surface area (Å²) < 4.78 is 5.44. The summed E-state index contributed by atoms with van der Waals surface area (Å²) in [6.45, 7) is 2.52. The van der Waals surface area contributed by atoms with E-state index in [0.29, 0.717) is 18.4 Å². The van der Waals surface area contributed by atoms with E-state index in [2.05, 4.69) is 28.6 Å². The highest BCUT2D eigenvalue weighted by molar-refractivity contribution is 9.09. The first-order chi connectivity index (χ1) is 7.17. The number of hydrogen-bond acceptors (Lipinski definition) is 3. The number of carbonyl (C=O) groups is 1. The van der Waals surface area contributed by atoms with Gasteiger partial charge in [0.1, 0.15) is 11.5 Å². The Morgan fingerprint density at radius 2 is 2.27 bits per heavy atom. The highest BCUT2D eigenvalue weighted by atomic mass is 79.9. The molecule has 15 heavy (non-hydrogen) atoms. The lowest BCUT2D eigenvalue weighted by Crippen LogP contribution is -2.06. The van der Waals surface area contributed by atoms with Gasteiger partial charge in [-0.25, -0.2) is 0 Å². The van der Waals surface area contributed by atoms with Crippen molar-refractivity contribution < 1.29 is 9.53 Å². The van der Waals surface area contributed by atoms with Gasteiger partial charge >= 0.3 is 0 Å². The quantitative estimate of drug-likeness (QED) is 0.666. The number of ketones is 1. The summed E-state index contributed by atoms with van der Waals surface area (Å²) in [6, 6.07) is 5.58. The van der Waals surface area contributed by atoms with E-state index in [1.54, 1.807) is 0 Å². The van der Waals surface area contributed by atoms with Crippen LogP contribution in [0.3, 0.4) is 0 Å². The summed E-state index contributed by atoms with van der Waals surface area (Å²) in [5.41, 5.74) is 0.897. The normalized spacial score (nSPS) is 10.1. The molecular weight excluding hydrogens is 276 g/mol. The second-order valence-electron chi connectivity index (χ2n) is 3.07. The maximum atomic E-state index is 11.3. The molecule has 0 saturated heterocycles. The monoisotopic (exact) mass is 288 g/mol. The third-order valence-electron chi connectivity index (χ3n) is 1.88. The SMILES string of the molecule is CCOc1ccc(S)cc1CC(=O)CBr. The largest absolute Gasteiger partial charge is 0.494 e. The number of alkyl halides is 1. The minimum absolute atomic E-state index is 0.134. The number of Topliss-reactive ketones (excluding diaryl/α,β-unsaturated/α-hetero) is 1. The Hall–Kier alpha value is -0.480. The first kappa shape index (κ1) is 12.6. The van der Waals surface area contributed by atoms with E-state index in [0.717, 1.165) is 16.2 Å². The summed E-state index contributed by atoms with van der Waals surface area (Å²) in [7, 11) is 0. The van der Waals surface area contributed by atoms with Crippen molar-refractivity contribution in [2.24, 2.45) is 0 Å². The number of rotatable bonds is 5. The van der Waals surface area contributed by atoms with Crippen molar-refractivity contribution in [1.82, 2.24) is 0 Å². The molecule has 0 aliphatic heterocycles. The number of hydrogen-bond donors (Lipinski definition) is 1. The molecule has 1 aromatic carbocycles. The van der Waals surface area contributed by atoms with Crippen LogP contribution in [-0.4, -0.2) is 17.7 Å². The van der Waals surface area contributed by atoms with Gasteiger partial charge in [-0.1, -0.05) is 15.9 Å². The Morgan fingerprint density at radius 1 is 1.53 bits per heavy atom. The van der Waals surface area contributed by atoms with E-state index in [-0.39, 0.29) is 5.78 Å². The zero-order chi connectivity index (χ0) is 11.3. The third kappa shape index (κ3) is 3.87. The molecule has 82 valence electrons. The Kier molecular flexibility index (Phi) is 5.19. The second kappa shape index (κ2) is 6.18. The fourth-order valence-corrected chi connectivity index (χ4v) is 1.69. The van der Waals surface area contributed by atoms with Gasteiger partial charge in [0.2, 0.25) is 0 Å². The lowest BCUT2D eigenvalue weighted by atomic mass is 10.1. The number of ether oxygens (including phenoxy) is 1. The minimum Gasteiger partial charge on any atom is -0.494 e. The van der Waals surface area contributed by atoms with Gasteiger partial charge < -0.3 is 4.74 Å². The zero-order valence-corrected chi connectivity index (χ0v) is 11.0. The van der Waals surface area contributed by atoms with Crippen LogP contribution in [-0.2, 0) is 11.2 Å². The number of halogens is 1. The molecule has 0 amide bonds. The molecular formula is C11H13BrO2S. The Morgan fingerprint density at radius 3 is 2.87 bits per heavy atom. The molecule has 0 radical (unpaired) electrons.